The molecule has 1 N–H and O–H groups in total. The summed E-state index contributed by atoms with van der Waals surface area (Å²) >= 11 is 0. The topological polar surface area (TPSA) is 89.9 Å². The van der Waals surface area contributed by atoms with Gasteiger partial charge in [0.2, 0.25) is 5.52 Å². The summed E-state index contributed by atoms with van der Waals surface area (Å²) in [5.41, 5.74) is 0.621. The van der Waals surface area contributed by atoms with E-state index in [1.165, 1.54) is 96.3 Å². The summed E-state index contributed by atoms with van der Waals surface area (Å²) in [4.78, 5) is 43.4. The number of unbranched alkanes of at least 4 members (excludes halogenated alkanes) is 15. The van der Waals surface area contributed by atoms with Crippen LogP contribution in [0.4, 0.5) is 0 Å². The van der Waals surface area contributed by atoms with E-state index in [-0.39, 0.29) is 30.8 Å². The van der Waals surface area contributed by atoms with Crippen molar-refractivity contribution in [2.75, 3.05) is 47.1 Å². The highest BCUT2D eigenvalue weighted by molar-refractivity contribution is 7.69. The Hall–Kier alpha value is -1.56. The van der Waals surface area contributed by atoms with Gasteiger partial charge in [-0.15, -0.1) is 0 Å². The second kappa shape index (κ2) is 27.3. The van der Waals surface area contributed by atoms with Crippen molar-refractivity contribution in [3.63, 3.8) is 0 Å². The molecule has 0 spiro atoms. The molecule has 41 heavy (non-hydrogen) atoms. The van der Waals surface area contributed by atoms with Gasteiger partial charge in [-0.05, 0) is 20.3 Å². The second-order valence-electron chi connectivity index (χ2n) is 12.1. The van der Waals surface area contributed by atoms with Crippen LogP contribution in [0.3, 0.4) is 0 Å². The van der Waals surface area contributed by atoms with Crippen LogP contribution < -0.4 is 0 Å². The van der Waals surface area contributed by atoms with Crippen LogP contribution in [-0.4, -0.2) is 73.9 Å². The van der Waals surface area contributed by atoms with Crippen molar-refractivity contribution >= 4 is 25.6 Å². The summed E-state index contributed by atoms with van der Waals surface area (Å²) in [6.45, 7) is 13.4. The van der Waals surface area contributed by atoms with Crippen LogP contribution in [0.25, 0.3) is 0 Å². The number of likely N-dealkylation sites (N-methyl/N-ethyl adjacent to an activating group) is 1. The van der Waals surface area contributed by atoms with E-state index in [2.05, 4.69) is 20.1 Å². The van der Waals surface area contributed by atoms with Crippen molar-refractivity contribution in [1.29, 1.82) is 0 Å². The largest absolute Gasteiger partial charge is 0.462 e. The average molecular weight is 601 g/mol. The van der Waals surface area contributed by atoms with Crippen LogP contribution in [0.1, 0.15) is 124 Å². The molecule has 8 heteroatoms. The zero-order chi connectivity index (χ0) is 31.5. The Kier molecular flexibility index (Phi) is 27.7. The van der Waals surface area contributed by atoms with E-state index in [4.69, 9.17) is 9.47 Å². The van der Waals surface area contributed by atoms with Gasteiger partial charge in [0.05, 0.1) is 34.4 Å². The first-order chi connectivity index (χ1) is 19.3. The molecule has 0 radical (unpaired) electrons. The monoisotopic (exact) mass is 600 g/mol. The first-order valence-corrected chi connectivity index (χ1v) is 17.2. The first-order valence-electron chi connectivity index (χ1n) is 15.8. The van der Waals surface area contributed by atoms with Crippen LogP contribution >= 0.6 is 8.15 Å². The Labute approximate surface area is 253 Å². The maximum absolute atomic E-state index is 11.6. The number of carbonyl (C=O) groups excluding carboxylic acids is 3. The highest BCUT2D eigenvalue weighted by Crippen LogP contribution is 2.31. The minimum absolute atomic E-state index is 0.0524. The molecule has 0 aromatic heterocycles. The van der Waals surface area contributed by atoms with E-state index in [1.807, 2.05) is 21.1 Å². The Morgan fingerprint density at radius 2 is 0.976 bits per heavy atom. The van der Waals surface area contributed by atoms with Crippen LogP contribution in [0.15, 0.2) is 24.3 Å². The standard InChI is InChI=1S/C22H42O2.C11H21NO4P/c1-4-5-6-7-8-9-10-11-12-13-14-15-16-17-18-19-20-24-22(23)21(2)3;1-9(2)11(14)16-6-7-17(15)10(13)8-12(3,4)5/h2,4-20H2,1,3H3;15H,1,6-8H2,2-5H3/q;+1. The lowest BCUT2D eigenvalue weighted by atomic mass is 10.0. The lowest BCUT2D eigenvalue weighted by Gasteiger charge is -2.23. The molecule has 0 heterocycles. The molecule has 0 bridgehead atoms. The fourth-order valence-electron chi connectivity index (χ4n) is 3.90. The van der Waals surface area contributed by atoms with Gasteiger partial charge in [0.25, 0.3) is 0 Å². The zero-order valence-corrected chi connectivity index (χ0v) is 28.3. The van der Waals surface area contributed by atoms with Crippen LogP contribution in [0.2, 0.25) is 0 Å². The van der Waals surface area contributed by atoms with Gasteiger partial charge in [0.15, 0.2) is 0 Å². The number of nitrogens with zero attached hydrogens (tertiary/aromatic N) is 1. The van der Waals surface area contributed by atoms with E-state index >= 15 is 0 Å². The third-order valence-corrected chi connectivity index (χ3v) is 7.69. The van der Waals surface area contributed by atoms with Crippen molar-refractivity contribution < 1.29 is 33.2 Å². The first kappa shape index (κ1) is 41.6. The highest BCUT2D eigenvalue weighted by Gasteiger charge is 2.22. The van der Waals surface area contributed by atoms with Crippen LogP contribution in [-0.2, 0) is 23.9 Å². The zero-order valence-electron chi connectivity index (χ0n) is 27.4. The molecule has 0 saturated heterocycles. The minimum Gasteiger partial charge on any atom is -0.462 e. The van der Waals surface area contributed by atoms with Gasteiger partial charge >= 0.3 is 11.9 Å². The van der Waals surface area contributed by atoms with Gasteiger partial charge in [0.1, 0.15) is 14.7 Å². The Morgan fingerprint density at radius 1 is 0.634 bits per heavy atom. The average Bonchev–Trinajstić information content (AvgIpc) is 2.89. The molecule has 0 aromatic carbocycles. The molecule has 0 aliphatic carbocycles. The molecule has 0 aromatic rings. The highest BCUT2D eigenvalue weighted by atomic mass is 31.1. The fourth-order valence-corrected chi connectivity index (χ4v) is 5.00. The smallest absolute Gasteiger partial charge is 0.333 e. The summed E-state index contributed by atoms with van der Waals surface area (Å²) in [6, 6.07) is 0. The minimum atomic E-state index is -1.72. The van der Waals surface area contributed by atoms with Crippen LogP contribution in [0.5, 0.6) is 0 Å². The summed E-state index contributed by atoms with van der Waals surface area (Å²) in [5.74, 6) is -0.747. The normalized spacial score (nSPS) is 11.7. The molecule has 0 aliphatic heterocycles. The molecular weight excluding hydrogens is 537 g/mol. The lowest BCUT2D eigenvalue weighted by molar-refractivity contribution is -0.861. The number of esters is 2. The fraction of sp³-hybridized carbons (Fsp3) is 0.788. The number of carbonyl (C=O) groups is 3. The quantitative estimate of drug-likeness (QED) is 0.0374. The molecule has 0 amide bonds. The summed E-state index contributed by atoms with van der Waals surface area (Å²) in [5, 5.41) is 0. The van der Waals surface area contributed by atoms with Gasteiger partial charge in [-0.2, -0.15) is 0 Å². The Morgan fingerprint density at radius 3 is 1.32 bits per heavy atom. The molecule has 1 unspecified atom stereocenters. The second-order valence-corrected chi connectivity index (χ2v) is 13.8. The summed E-state index contributed by atoms with van der Waals surface area (Å²) in [7, 11) is 3.91. The van der Waals surface area contributed by atoms with Crippen molar-refractivity contribution in [2.45, 2.75) is 124 Å². The van der Waals surface area contributed by atoms with Crippen molar-refractivity contribution in [2.24, 2.45) is 0 Å². The Bertz CT molecular complexity index is 732. The lowest BCUT2D eigenvalue weighted by Crippen LogP contribution is -2.39. The van der Waals surface area contributed by atoms with E-state index in [0.29, 0.717) is 22.2 Å². The van der Waals surface area contributed by atoms with E-state index in [0.717, 1.165) is 6.42 Å². The van der Waals surface area contributed by atoms with E-state index in [9.17, 15) is 19.3 Å². The molecule has 0 saturated carbocycles. The number of hydrogen-bond acceptors (Lipinski definition) is 6. The molecule has 240 valence electrons. The van der Waals surface area contributed by atoms with E-state index < -0.39 is 14.1 Å². The molecule has 0 aliphatic rings. The number of quaternary nitrogens is 1. The van der Waals surface area contributed by atoms with Crippen molar-refractivity contribution in [3.05, 3.63) is 24.3 Å². The van der Waals surface area contributed by atoms with Gasteiger partial charge < -0.3 is 18.9 Å². The van der Waals surface area contributed by atoms with Gasteiger partial charge in [-0.1, -0.05) is 116 Å². The summed E-state index contributed by atoms with van der Waals surface area (Å²) < 4.78 is 10.4. The maximum Gasteiger partial charge on any atom is 0.333 e. The molecule has 7 nitrogen and oxygen atoms in total. The van der Waals surface area contributed by atoms with Gasteiger partial charge in [0, 0.05) is 17.3 Å². The van der Waals surface area contributed by atoms with Gasteiger partial charge in [-0.3, -0.25) is 4.79 Å². The molecular formula is C33H63NO6P+. The van der Waals surface area contributed by atoms with Crippen LogP contribution in [0, 0.1) is 0 Å². The molecule has 0 rings (SSSR count). The van der Waals surface area contributed by atoms with Gasteiger partial charge in [-0.25, -0.2) is 9.59 Å². The van der Waals surface area contributed by atoms with Crippen molar-refractivity contribution in [1.82, 2.24) is 0 Å². The number of ether oxygens (including phenoxy) is 2. The molecule has 1 atom stereocenters. The SMILES string of the molecule is C=C(C)C(=O)OCCCCCCCCCCCCCCCCCC.C=C(C)C(=O)OCCP(O)C(=O)C[N+](C)(C)C. The predicted molar refractivity (Wildman–Crippen MR) is 173 cm³/mol. The van der Waals surface area contributed by atoms with Crippen molar-refractivity contribution in [3.8, 4) is 0 Å². The number of rotatable bonds is 25. The summed E-state index contributed by atoms with van der Waals surface area (Å²) in [6.07, 6.45) is 21.9. The Balaban J connectivity index is 0. The third kappa shape index (κ3) is 31.2. The van der Waals surface area contributed by atoms with E-state index in [1.54, 1.807) is 13.8 Å². The third-order valence-electron chi connectivity index (χ3n) is 6.36. The predicted octanol–water partition coefficient (Wildman–Crippen LogP) is 8.09. The number of hydrogen-bond donors (Lipinski definition) is 1. The molecule has 0 fully saturated rings. The maximum atomic E-state index is 11.6.